The van der Waals surface area contributed by atoms with Gasteiger partial charge in [0.15, 0.2) is 6.61 Å². The molecule has 0 aliphatic carbocycles. The molecule has 1 amide bonds. The molecule has 114 valence electrons. The smallest absolute Gasteiger partial charge is 0.348 e. The molecule has 0 atom stereocenters. The minimum absolute atomic E-state index is 0.205. The van der Waals surface area contributed by atoms with Gasteiger partial charge in [-0.05, 0) is 36.6 Å². The predicted molar refractivity (Wildman–Crippen MR) is 86.7 cm³/mol. The van der Waals surface area contributed by atoms with E-state index in [2.05, 4.69) is 0 Å². The number of aryl methyl sites for hydroxylation is 1. The number of anilines is 1. The van der Waals surface area contributed by atoms with Gasteiger partial charge in [-0.1, -0.05) is 29.8 Å². The number of esters is 1. The molecule has 1 aliphatic heterocycles. The molecule has 0 spiro atoms. The lowest BCUT2D eigenvalue weighted by Gasteiger charge is -2.29. The van der Waals surface area contributed by atoms with E-state index < -0.39 is 5.97 Å². The summed E-state index contributed by atoms with van der Waals surface area (Å²) in [4.78, 5) is 26.3. The molecule has 3 rings (SSSR count). The Balaban J connectivity index is 1.65. The Morgan fingerprint density at radius 2 is 2.05 bits per heavy atom. The number of nitrogens with zero attached hydrogens (tertiary/aromatic N) is 1. The molecule has 1 aromatic heterocycles. The number of carbonyl (C=O) groups excluding carboxylic acids is 2. The summed E-state index contributed by atoms with van der Waals surface area (Å²) in [6.45, 7) is 0.390. The van der Waals surface area contributed by atoms with Crippen LogP contribution in [0.1, 0.15) is 21.7 Å². The van der Waals surface area contributed by atoms with Crippen molar-refractivity contribution in [3.05, 3.63) is 51.2 Å². The maximum absolute atomic E-state index is 12.3. The summed E-state index contributed by atoms with van der Waals surface area (Å²) in [5, 5.41) is 0. The van der Waals surface area contributed by atoms with Crippen LogP contribution in [-0.4, -0.2) is 25.0 Å². The van der Waals surface area contributed by atoms with E-state index in [0.717, 1.165) is 35.4 Å². The molecule has 2 heterocycles. The van der Waals surface area contributed by atoms with Gasteiger partial charge in [-0.2, -0.15) is 0 Å². The third kappa shape index (κ3) is 3.15. The Morgan fingerprint density at radius 3 is 2.82 bits per heavy atom. The fraction of sp³-hybridized carbons (Fsp3) is 0.250. The number of hydrogen-bond acceptors (Lipinski definition) is 4. The molecule has 0 saturated carbocycles. The lowest BCUT2D eigenvalue weighted by atomic mass is 10.0. The fourth-order valence-electron chi connectivity index (χ4n) is 2.49. The van der Waals surface area contributed by atoms with Gasteiger partial charge >= 0.3 is 5.97 Å². The lowest BCUT2D eigenvalue weighted by molar-refractivity contribution is -0.121. The summed E-state index contributed by atoms with van der Waals surface area (Å²) in [6, 6.07) is 11.0. The van der Waals surface area contributed by atoms with Gasteiger partial charge in [0.1, 0.15) is 4.88 Å². The van der Waals surface area contributed by atoms with Crippen molar-refractivity contribution in [1.29, 1.82) is 0 Å². The van der Waals surface area contributed by atoms with Crippen LogP contribution < -0.4 is 4.90 Å². The van der Waals surface area contributed by atoms with Crippen molar-refractivity contribution in [2.75, 3.05) is 18.1 Å². The van der Waals surface area contributed by atoms with Crippen LogP contribution in [-0.2, 0) is 16.0 Å². The van der Waals surface area contributed by atoms with Crippen LogP contribution in [0.3, 0.4) is 0 Å². The third-order valence-corrected chi connectivity index (χ3v) is 4.72. The maximum atomic E-state index is 12.3. The topological polar surface area (TPSA) is 46.6 Å². The van der Waals surface area contributed by atoms with Gasteiger partial charge in [0.2, 0.25) is 0 Å². The number of amides is 1. The molecular weight excluding hydrogens is 322 g/mol. The average Bonchev–Trinajstić information content (AvgIpc) is 2.98. The Bertz CT molecular complexity index is 713. The van der Waals surface area contributed by atoms with Crippen LogP contribution in [0.5, 0.6) is 0 Å². The van der Waals surface area contributed by atoms with E-state index in [1.807, 2.05) is 24.3 Å². The second kappa shape index (κ2) is 6.50. The quantitative estimate of drug-likeness (QED) is 0.806. The van der Waals surface area contributed by atoms with Gasteiger partial charge in [-0.15, -0.1) is 11.3 Å². The van der Waals surface area contributed by atoms with Gasteiger partial charge in [-0.25, -0.2) is 4.79 Å². The highest BCUT2D eigenvalue weighted by atomic mass is 35.5. The minimum Gasteiger partial charge on any atom is -0.451 e. The van der Waals surface area contributed by atoms with Gasteiger partial charge < -0.3 is 9.64 Å². The van der Waals surface area contributed by atoms with E-state index in [1.54, 1.807) is 17.0 Å². The Morgan fingerprint density at radius 1 is 1.23 bits per heavy atom. The highest BCUT2D eigenvalue weighted by molar-refractivity contribution is 7.17. The number of rotatable bonds is 3. The van der Waals surface area contributed by atoms with Crippen molar-refractivity contribution in [2.24, 2.45) is 0 Å². The van der Waals surface area contributed by atoms with Gasteiger partial charge in [-0.3, -0.25) is 4.79 Å². The van der Waals surface area contributed by atoms with Gasteiger partial charge in [0, 0.05) is 12.2 Å². The molecular formula is C16H14ClNO3S. The molecule has 6 heteroatoms. The van der Waals surface area contributed by atoms with Crippen LogP contribution in [0.25, 0.3) is 0 Å². The second-order valence-corrected chi connectivity index (χ2v) is 6.67. The zero-order chi connectivity index (χ0) is 15.5. The molecule has 2 aromatic rings. The summed E-state index contributed by atoms with van der Waals surface area (Å²) in [7, 11) is 0. The summed E-state index contributed by atoms with van der Waals surface area (Å²) >= 11 is 6.92. The van der Waals surface area contributed by atoms with Crippen LogP contribution in [0, 0.1) is 0 Å². The molecule has 0 radical (unpaired) electrons. The normalized spacial score (nSPS) is 13.6. The standard InChI is InChI=1S/C16H14ClNO3S/c17-14-8-7-13(22-14)16(20)21-10-15(19)18-9-3-5-11-4-1-2-6-12(11)18/h1-2,4,6-8H,3,5,9-10H2. The molecule has 0 unspecified atom stereocenters. The number of halogens is 1. The molecule has 0 fully saturated rings. The summed E-state index contributed by atoms with van der Waals surface area (Å²) < 4.78 is 5.61. The number of thiophene rings is 1. The molecule has 0 N–H and O–H groups in total. The average molecular weight is 336 g/mol. The molecule has 0 bridgehead atoms. The molecule has 4 nitrogen and oxygen atoms in total. The number of benzene rings is 1. The van der Waals surface area contributed by atoms with Gasteiger partial charge in [0.05, 0.1) is 4.34 Å². The molecule has 1 aromatic carbocycles. The second-order valence-electron chi connectivity index (χ2n) is 4.96. The van der Waals surface area contributed by atoms with E-state index in [0.29, 0.717) is 15.8 Å². The zero-order valence-corrected chi connectivity index (χ0v) is 13.3. The lowest BCUT2D eigenvalue weighted by Crippen LogP contribution is -2.38. The highest BCUT2D eigenvalue weighted by Gasteiger charge is 2.23. The third-order valence-electron chi connectivity index (χ3n) is 3.51. The molecule has 1 aliphatic rings. The number of ether oxygens (including phenoxy) is 1. The SMILES string of the molecule is O=C(OCC(=O)N1CCCc2ccccc21)c1ccc(Cl)s1. The fourth-order valence-corrected chi connectivity index (χ4v) is 3.43. The largest absolute Gasteiger partial charge is 0.451 e. The van der Waals surface area contributed by atoms with E-state index in [9.17, 15) is 9.59 Å². The predicted octanol–water partition coefficient (Wildman–Crippen LogP) is 3.54. The first kappa shape index (κ1) is 15.1. The Labute approximate surface area is 137 Å². The van der Waals surface area contributed by atoms with E-state index in [4.69, 9.17) is 16.3 Å². The number of hydrogen-bond donors (Lipinski definition) is 0. The summed E-state index contributed by atoms with van der Waals surface area (Å²) in [5.74, 6) is -0.723. The van der Waals surface area contributed by atoms with Crippen LogP contribution in [0.15, 0.2) is 36.4 Å². The van der Waals surface area contributed by atoms with Crippen molar-refractivity contribution >= 4 is 40.5 Å². The van der Waals surface area contributed by atoms with Crippen LogP contribution >= 0.6 is 22.9 Å². The number of para-hydroxylation sites is 1. The summed E-state index contributed by atoms with van der Waals surface area (Å²) in [5.41, 5.74) is 2.06. The first-order valence-electron chi connectivity index (χ1n) is 6.96. The monoisotopic (exact) mass is 335 g/mol. The van der Waals surface area contributed by atoms with Crippen molar-refractivity contribution in [1.82, 2.24) is 0 Å². The summed E-state index contributed by atoms with van der Waals surface area (Å²) in [6.07, 6.45) is 1.88. The van der Waals surface area contributed by atoms with E-state index in [-0.39, 0.29) is 12.5 Å². The van der Waals surface area contributed by atoms with E-state index >= 15 is 0 Å². The Hall–Kier alpha value is -1.85. The first-order valence-corrected chi connectivity index (χ1v) is 8.15. The van der Waals surface area contributed by atoms with Crippen molar-refractivity contribution < 1.29 is 14.3 Å². The first-order chi connectivity index (χ1) is 10.6. The molecule has 22 heavy (non-hydrogen) atoms. The van der Waals surface area contributed by atoms with E-state index in [1.165, 1.54) is 0 Å². The zero-order valence-electron chi connectivity index (χ0n) is 11.8. The number of fused-ring (bicyclic) bond motifs is 1. The van der Waals surface area contributed by atoms with Crippen molar-refractivity contribution in [2.45, 2.75) is 12.8 Å². The molecule has 0 saturated heterocycles. The minimum atomic E-state index is -0.518. The maximum Gasteiger partial charge on any atom is 0.348 e. The highest BCUT2D eigenvalue weighted by Crippen LogP contribution is 2.27. The Kier molecular flexibility index (Phi) is 4.45. The van der Waals surface area contributed by atoms with Crippen LogP contribution in [0.2, 0.25) is 4.34 Å². The van der Waals surface area contributed by atoms with Crippen LogP contribution in [0.4, 0.5) is 5.69 Å². The van der Waals surface area contributed by atoms with Crippen molar-refractivity contribution in [3.8, 4) is 0 Å². The van der Waals surface area contributed by atoms with Crippen molar-refractivity contribution in [3.63, 3.8) is 0 Å². The van der Waals surface area contributed by atoms with Gasteiger partial charge in [0.25, 0.3) is 5.91 Å². The number of carbonyl (C=O) groups is 2.